The van der Waals surface area contributed by atoms with Crippen LogP contribution in [0, 0.1) is 5.82 Å². The van der Waals surface area contributed by atoms with Gasteiger partial charge in [-0.05, 0) is 24.1 Å². The highest BCUT2D eigenvalue weighted by Gasteiger charge is 2.35. The third kappa shape index (κ3) is 3.03. The molecule has 4 heteroatoms. The number of rotatable bonds is 5. The molecule has 1 aromatic carbocycles. The van der Waals surface area contributed by atoms with Gasteiger partial charge in [0, 0.05) is 11.5 Å². The molecular weight excluding hydrogens is 221 g/mol. The fraction of sp³-hybridized carbons (Fsp3) is 0.462. The Balaban J connectivity index is 3.13. The fourth-order valence-corrected chi connectivity index (χ4v) is 2.04. The normalized spacial score (nSPS) is 16.2. The molecule has 0 saturated heterocycles. The van der Waals surface area contributed by atoms with Crippen LogP contribution in [0.15, 0.2) is 24.3 Å². The number of hydrogen-bond acceptors (Lipinski definition) is 2. The minimum atomic E-state index is -0.902. The summed E-state index contributed by atoms with van der Waals surface area (Å²) in [6.07, 6.45) is 0.606. The maximum absolute atomic E-state index is 12.9. The number of carbonyl (C=O) groups is 1. The van der Waals surface area contributed by atoms with E-state index < -0.39 is 11.4 Å². The highest BCUT2D eigenvalue weighted by Crippen LogP contribution is 2.32. The van der Waals surface area contributed by atoms with Crippen LogP contribution >= 0.6 is 0 Å². The molecule has 2 unspecified atom stereocenters. The van der Waals surface area contributed by atoms with Gasteiger partial charge in [0.05, 0.1) is 6.42 Å². The largest absolute Gasteiger partial charge is 0.481 e. The van der Waals surface area contributed by atoms with E-state index in [0.29, 0.717) is 6.42 Å². The second-order valence-corrected chi connectivity index (χ2v) is 4.51. The summed E-state index contributed by atoms with van der Waals surface area (Å²) in [5.74, 6) is -1.24. The van der Waals surface area contributed by atoms with Gasteiger partial charge in [-0.1, -0.05) is 26.0 Å². The van der Waals surface area contributed by atoms with Gasteiger partial charge in [0.2, 0.25) is 0 Å². The summed E-state index contributed by atoms with van der Waals surface area (Å²) in [7, 11) is 0. The van der Waals surface area contributed by atoms with Crippen LogP contribution in [0.2, 0.25) is 0 Å². The third-order valence-electron chi connectivity index (χ3n) is 3.28. The maximum atomic E-state index is 12.9. The van der Waals surface area contributed by atoms with Crippen LogP contribution in [0.25, 0.3) is 0 Å². The number of nitrogens with two attached hydrogens (primary N) is 1. The first kappa shape index (κ1) is 13.6. The van der Waals surface area contributed by atoms with Crippen LogP contribution in [0.4, 0.5) is 4.39 Å². The molecule has 0 spiro atoms. The molecule has 0 aliphatic carbocycles. The molecule has 94 valence electrons. The number of benzene rings is 1. The quantitative estimate of drug-likeness (QED) is 0.828. The molecule has 3 nitrogen and oxygen atoms in total. The Kier molecular flexibility index (Phi) is 4.23. The first-order chi connectivity index (χ1) is 7.90. The Morgan fingerprint density at radius 1 is 1.47 bits per heavy atom. The molecule has 0 heterocycles. The van der Waals surface area contributed by atoms with Crippen molar-refractivity contribution in [2.75, 3.05) is 0 Å². The van der Waals surface area contributed by atoms with Crippen molar-refractivity contribution < 1.29 is 14.3 Å². The van der Waals surface area contributed by atoms with E-state index in [1.807, 2.05) is 13.8 Å². The van der Waals surface area contributed by atoms with Crippen molar-refractivity contribution >= 4 is 5.97 Å². The molecule has 17 heavy (non-hydrogen) atoms. The summed E-state index contributed by atoms with van der Waals surface area (Å²) in [4.78, 5) is 10.9. The van der Waals surface area contributed by atoms with Gasteiger partial charge in [0.25, 0.3) is 0 Å². The zero-order valence-corrected chi connectivity index (χ0v) is 10.1. The van der Waals surface area contributed by atoms with E-state index in [-0.39, 0.29) is 18.3 Å². The van der Waals surface area contributed by atoms with Crippen LogP contribution in [0.1, 0.15) is 32.3 Å². The van der Waals surface area contributed by atoms with Crippen LogP contribution < -0.4 is 5.73 Å². The van der Waals surface area contributed by atoms with Crippen LogP contribution in [0.3, 0.4) is 0 Å². The SMILES string of the molecule is CCC(N)C(C)(CC(=O)O)c1ccc(F)cc1. The average molecular weight is 239 g/mol. The molecule has 0 bridgehead atoms. The average Bonchev–Trinajstić information content (AvgIpc) is 2.27. The number of aliphatic carboxylic acids is 1. The van der Waals surface area contributed by atoms with Gasteiger partial charge in [0.15, 0.2) is 0 Å². The van der Waals surface area contributed by atoms with Crippen molar-refractivity contribution in [1.29, 1.82) is 0 Å². The topological polar surface area (TPSA) is 63.3 Å². The molecule has 2 atom stereocenters. The lowest BCUT2D eigenvalue weighted by molar-refractivity contribution is -0.138. The van der Waals surface area contributed by atoms with Gasteiger partial charge in [-0.2, -0.15) is 0 Å². The predicted octanol–water partition coefficient (Wildman–Crippen LogP) is 2.30. The van der Waals surface area contributed by atoms with E-state index in [9.17, 15) is 9.18 Å². The predicted molar refractivity (Wildman–Crippen MR) is 64.3 cm³/mol. The molecule has 3 N–H and O–H groups in total. The van der Waals surface area contributed by atoms with Crippen molar-refractivity contribution in [3.8, 4) is 0 Å². The van der Waals surface area contributed by atoms with E-state index in [1.165, 1.54) is 12.1 Å². The molecule has 0 saturated carbocycles. The summed E-state index contributed by atoms with van der Waals surface area (Å²) in [5, 5.41) is 8.98. The van der Waals surface area contributed by atoms with E-state index >= 15 is 0 Å². The summed E-state index contributed by atoms with van der Waals surface area (Å²) in [6, 6.07) is 5.60. The van der Waals surface area contributed by atoms with E-state index in [2.05, 4.69) is 0 Å². The van der Waals surface area contributed by atoms with Crippen LogP contribution in [-0.4, -0.2) is 17.1 Å². The molecule has 0 amide bonds. The van der Waals surface area contributed by atoms with Gasteiger partial charge >= 0.3 is 5.97 Å². The summed E-state index contributed by atoms with van der Waals surface area (Å²) in [5.41, 5.74) is 6.10. The van der Waals surface area contributed by atoms with Crippen molar-refractivity contribution in [2.45, 2.75) is 38.1 Å². The van der Waals surface area contributed by atoms with E-state index in [0.717, 1.165) is 5.56 Å². The van der Waals surface area contributed by atoms with Gasteiger partial charge < -0.3 is 10.8 Å². The monoisotopic (exact) mass is 239 g/mol. The molecular formula is C13H18FNO2. The van der Waals surface area contributed by atoms with Crippen LogP contribution in [0.5, 0.6) is 0 Å². The molecule has 1 rings (SSSR count). The first-order valence-corrected chi connectivity index (χ1v) is 5.63. The van der Waals surface area contributed by atoms with E-state index in [4.69, 9.17) is 10.8 Å². The fourth-order valence-electron chi connectivity index (χ4n) is 2.04. The van der Waals surface area contributed by atoms with E-state index in [1.54, 1.807) is 12.1 Å². The highest BCUT2D eigenvalue weighted by atomic mass is 19.1. The van der Waals surface area contributed by atoms with Gasteiger partial charge in [0.1, 0.15) is 5.82 Å². The molecule has 1 aromatic rings. The Morgan fingerprint density at radius 3 is 2.41 bits per heavy atom. The summed E-state index contributed by atoms with van der Waals surface area (Å²) in [6.45, 7) is 3.72. The lowest BCUT2D eigenvalue weighted by atomic mass is 9.73. The van der Waals surface area contributed by atoms with Crippen LogP contribution in [-0.2, 0) is 10.2 Å². The lowest BCUT2D eigenvalue weighted by Crippen LogP contribution is -2.44. The Bertz CT molecular complexity index is 391. The minimum absolute atomic E-state index is 0.0619. The second kappa shape index (κ2) is 5.27. The minimum Gasteiger partial charge on any atom is -0.481 e. The van der Waals surface area contributed by atoms with Crippen molar-refractivity contribution in [2.24, 2.45) is 5.73 Å². The Labute approximate surface area is 100 Å². The third-order valence-corrected chi connectivity index (χ3v) is 3.28. The first-order valence-electron chi connectivity index (χ1n) is 5.63. The number of carboxylic acid groups (broad SMARTS) is 1. The van der Waals surface area contributed by atoms with Crippen molar-refractivity contribution in [3.05, 3.63) is 35.6 Å². The number of hydrogen-bond donors (Lipinski definition) is 2. The molecule has 0 aliphatic heterocycles. The second-order valence-electron chi connectivity index (χ2n) is 4.51. The smallest absolute Gasteiger partial charge is 0.304 e. The zero-order valence-electron chi connectivity index (χ0n) is 10.1. The molecule has 0 aromatic heterocycles. The molecule has 0 fully saturated rings. The standard InChI is InChI=1S/C13H18FNO2/c1-3-11(15)13(2,8-12(16)17)9-4-6-10(14)7-5-9/h4-7,11H,3,8,15H2,1-2H3,(H,16,17). The Morgan fingerprint density at radius 2 is 2.00 bits per heavy atom. The Hall–Kier alpha value is -1.42. The van der Waals surface area contributed by atoms with Gasteiger partial charge in [-0.3, -0.25) is 4.79 Å². The van der Waals surface area contributed by atoms with Crippen molar-refractivity contribution in [3.63, 3.8) is 0 Å². The van der Waals surface area contributed by atoms with Crippen molar-refractivity contribution in [1.82, 2.24) is 0 Å². The lowest BCUT2D eigenvalue weighted by Gasteiger charge is -2.34. The highest BCUT2D eigenvalue weighted by molar-refractivity contribution is 5.69. The molecule has 0 aliphatic rings. The summed E-state index contributed by atoms with van der Waals surface area (Å²) < 4.78 is 12.9. The molecule has 0 radical (unpaired) electrons. The van der Waals surface area contributed by atoms with Gasteiger partial charge in [-0.15, -0.1) is 0 Å². The maximum Gasteiger partial charge on any atom is 0.304 e. The zero-order chi connectivity index (χ0) is 13.1. The summed E-state index contributed by atoms with van der Waals surface area (Å²) >= 11 is 0. The van der Waals surface area contributed by atoms with Gasteiger partial charge in [-0.25, -0.2) is 4.39 Å². The number of halogens is 1. The number of carboxylic acids is 1.